The summed E-state index contributed by atoms with van der Waals surface area (Å²) in [6.07, 6.45) is 3.49. The van der Waals surface area contributed by atoms with Crippen LogP contribution < -0.4 is 10.6 Å². The zero-order chi connectivity index (χ0) is 11.2. The second kappa shape index (κ2) is 5.97. The van der Waals surface area contributed by atoms with E-state index in [1.807, 2.05) is 12.1 Å². The summed E-state index contributed by atoms with van der Waals surface area (Å²) in [5.74, 6) is -0.159. The van der Waals surface area contributed by atoms with E-state index in [2.05, 4.69) is 10.6 Å². The number of halogens is 1. The van der Waals surface area contributed by atoms with Crippen molar-refractivity contribution in [3.8, 4) is 0 Å². The summed E-state index contributed by atoms with van der Waals surface area (Å²) in [6, 6.07) is 7.37. The first-order valence-electron chi connectivity index (χ1n) is 6.03. The Morgan fingerprint density at radius 3 is 2.81 bits per heavy atom. The summed E-state index contributed by atoms with van der Waals surface area (Å²) in [7, 11) is 0. The van der Waals surface area contributed by atoms with Crippen LogP contribution in [0.2, 0.25) is 0 Å². The Balaban J connectivity index is 1.69. The van der Waals surface area contributed by atoms with Crippen molar-refractivity contribution in [2.45, 2.75) is 25.3 Å². The largest absolute Gasteiger partial charge is 0.315 e. The lowest BCUT2D eigenvalue weighted by Gasteiger charge is -2.23. The Labute approximate surface area is 96.2 Å². The topological polar surface area (TPSA) is 24.1 Å². The second-order valence-electron chi connectivity index (χ2n) is 4.37. The minimum absolute atomic E-state index is 0.159. The molecular formula is C13H19FN2. The summed E-state index contributed by atoms with van der Waals surface area (Å²) in [5, 5.41) is 6.91. The molecule has 0 saturated carbocycles. The Morgan fingerprint density at radius 1 is 1.31 bits per heavy atom. The lowest BCUT2D eigenvalue weighted by molar-refractivity contribution is 0.392. The van der Waals surface area contributed by atoms with Crippen molar-refractivity contribution in [2.24, 2.45) is 0 Å². The minimum atomic E-state index is -0.159. The van der Waals surface area contributed by atoms with Crippen molar-refractivity contribution in [3.05, 3.63) is 35.6 Å². The van der Waals surface area contributed by atoms with Crippen LogP contribution in [0.25, 0.3) is 0 Å². The molecule has 3 heteroatoms. The van der Waals surface area contributed by atoms with Crippen LogP contribution >= 0.6 is 0 Å². The zero-order valence-corrected chi connectivity index (χ0v) is 9.51. The van der Waals surface area contributed by atoms with Crippen LogP contribution in [-0.4, -0.2) is 25.7 Å². The lowest BCUT2D eigenvalue weighted by atomic mass is 10.1. The highest BCUT2D eigenvalue weighted by molar-refractivity contribution is 5.16. The fourth-order valence-electron chi connectivity index (χ4n) is 2.10. The molecule has 0 bridgehead atoms. The number of nitrogens with one attached hydrogen (secondary N) is 2. The van der Waals surface area contributed by atoms with Crippen molar-refractivity contribution in [1.29, 1.82) is 0 Å². The molecule has 1 heterocycles. The van der Waals surface area contributed by atoms with Crippen molar-refractivity contribution >= 4 is 0 Å². The molecule has 0 radical (unpaired) electrons. The normalized spacial score (nSPS) is 20.9. The summed E-state index contributed by atoms with van der Waals surface area (Å²) < 4.78 is 12.7. The van der Waals surface area contributed by atoms with E-state index in [0.717, 1.165) is 26.1 Å². The Kier molecular flexibility index (Phi) is 4.31. The van der Waals surface area contributed by atoms with Crippen molar-refractivity contribution < 1.29 is 4.39 Å². The minimum Gasteiger partial charge on any atom is -0.315 e. The average molecular weight is 222 g/mol. The predicted molar refractivity (Wildman–Crippen MR) is 64.0 cm³/mol. The van der Waals surface area contributed by atoms with E-state index >= 15 is 0 Å². The van der Waals surface area contributed by atoms with Gasteiger partial charge >= 0.3 is 0 Å². The van der Waals surface area contributed by atoms with Gasteiger partial charge in [0.15, 0.2) is 0 Å². The first-order chi connectivity index (χ1) is 7.84. The van der Waals surface area contributed by atoms with E-state index in [4.69, 9.17) is 0 Å². The van der Waals surface area contributed by atoms with Crippen LogP contribution in [0.4, 0.5) is 4.39 Å². The SMILES string of the molecule is Fc1ccc(CCNC2CCCNC2)cc1. The van der Waals surface area contributed by atoms with E-state index < -0.39 is 0 Å². The highest BCUT2D eigenvalue weighted by Crippen LogP contribution is 2.04. The standard InChI is InChI=1S/C13H19FN2/c14-12-5-3-11(4-6-12)7-9-16-13-2-1-8-15-10-13/h3-6,13,15-16H,1-2,7-10H2. The Bertz CT molecular complexity index is 304. The molecule has 1 saturated heterocycles. The number of hydrogen-bond acceptors (Lipinski definition) is 2. The van der Waals surface area contributed by atoms with Crippen molar-refractivity contribution in [2.75, 3.05) is 19.6 Å². The van der Waals surface area contributed by atoms with E-state index in [1.165, 1.54) is 30.5 Å². The van der Waals surface area contributed by atoms with Crippen LogP contribution in [-0.2, 0) is 6.42 Å². The van der Waals surface area contributed by atoms with Gasteiger partial charge in [-0.2, -0.15) is 0 Å². The van der Waals surface area contributed by atoms with Gasteiger partial charge in [0.25, 0.3) is 0 Å². The molecule has 1 aromatic rings. The van der Waals surface area contributed by atoms with Crippen molar-refractivity contribution in [1.82, 2.24) is 10.6 Å². The monoisotopic (exact) mass is 222 g/mol. The quantitative estimate of drug-likeness (QED) is 0.810. The lowest BCUT2D eigenvalue weighted by Crippen LogP contribution is -2.43. The smallest absolute Gasteiger partial charge is 0.123 e. The maximum atomic E-state index is 12.7. The molecule has 1 unspecified atom stereocenters. The molecule has 2 nitrogen and oxygen atoms in total. The summed E-state index contributed by atoms with van der Waals surface area (Å²) in [5.41, 5.74) is 1.19. The van der Waals surface area contributed by atoms with Gasteiger partial charge < -0.3 is 10.6 Å². The van der Waals surface area contributed by atoms with Crippen molar-refractivity contribution in [3.63, 3.8) is 0 Å². The molecule has 1 aliphatic rings. The summed E-state index contributed by atoms with van der Waals surface area (Å²) in [6.45, 7) is 3.19. The van der Waals surface area contributed by atoms with Crippen LogP contribution in [0.3, 0.4) is 0 Å². The molecule has 0 spiro atoms. The highest BCUT2D eigenvalue weighted by atomic mass is 19.1. The number of piperidine rings is 1. The van der Waals surface area contributed by atoms with Gasteiger partial charge in [-0.1, -0.05) is 12.1 Å². The number of hydrogen-bond donors (Lipinski definition) is 2. The van der Waals surface area contributed by atoms with Gasteiger partial charge in [-0.05, 0) is 50.0 Å². The Morgan fingerprint density at radius 2 is 2.12 bits per heavy atom. The molecule has 0 amide bonds. The van der Waals surface area contributed by atoms with Crippen LogP contribution in [0, 0.1) is 5.82 Å². The first kappa shape index (κ1) is 11.6. The van der Waals surface area contributed by atoms with Gasteiger partial charge in [0.1, 0.15) is 5.82 Å². The van der Waals surface area contributed by atoms with Gasteiger partial charge in [-0.15, -0.1) is 0 Å². The Hall–Kier alpha value is -0.930. The maximum absolute atomic E-state index is 12.7. The fraction of sp³-hybridized carbons (Fsp3) is 0.538. The molecule has 2 N–H and O–H groups in total. The van der Waals surface area contributed by atoms with Crippen LogP contribution in [0.15, 0.2) is 24.3 Å². The second-order valence-corrected chi connectivity index (χ2v) is 4.37. The van der Waals surface area contributed by atoms with Crippen LogP contribution in [0.5, 0.6) is 0 Å². The molecule has 0 aliphatic carbocycles. The molecule has 0 aromatic heterocycles. The van der Waals surface area contributed by atoms with Gasteiger partial charge in [-0.3, -0.25) is 0 Å². The average Bonchev–Trinajstić information content (AvgIpc) is 2.33. The molecule has 16 heavy (non-hydrogen) atoms. The third-order valence-electron chi connectivity index (χ3n) is 3.06. The predicted octanol–water partition coefficient (Wildman–Crippen LogP) is 1.71. The first-order valence-corrected chi connectivity index (χ1v) is 6.03. The van der Waals surface area contributed by atoms with E-state index in [0.29, 0.717) is 6.04 Å². The molecule has 2 rings (SSSR count). The fourth-order valence-corrected chi connectivity index (χ4v) is 2.10. The molecule has 1 fully saturated rings. The van der Waals surface area contributed by atoms with E-state index in [9.17, 15) is 4.39 Å². The number of rotatable bonds is 4. The third-order valence-corrected chi connectivity index (χ3v) is 3.06. The third kappa shape index (κ3) is 3.58. The van der Waals surface area contributed by atoms with E-state index in [1.54, 1.807) is 0 Å². The van der Waals surface area contributed by atoms with Crippen LogP contribution in [0.1, 0.15) is 18.4 Å². The molecule has 1 aromatic carbocycles. The summed E-state index contributed by atoms with van der Waals surface area (Å²) in [4.78, 5) is 0. The van der Waals surface area contributed by atoms with Gasteiger partial charge in [0, 0.05) is 12.6 Å². The molecule has 1 aliphatic heterocycles. The van der Waals surface area contributed by atoms with Gasteiger partial charge in [0.05, 0.1) is 0 Å². The van der Waals surface area contributed by atoms with Gasteiger partial charge in [0.2, 0.25) is 0 Å². The highest BCUT2D eigenvalue weighted by Gasteiger charge is 2.11. The molecular weight excluding hydrogens is 203 g/mol. The summed E-state index contributed by atoms with van der Waals surface area (Å²) >= 11 is 0. The zero-order valence-electron chi connectivity index (χ0n) is 9.51. The maximum Gasteiger partial charge on any atom is 0.123 e. The number of benzene rings is 1. The molecule has 1 atom stereocenters. The molecule has 88 valence electrons. The van der Waals surface area contributed by atoms with E-state index in [-0.39, 0.29) is 5.82 Å². The van der Waals surface area contributed by atoms with Gasteiger partial charge in [-0.25, -0.2) is 4.39 Å².